The molecule has 0 aliphatic rings. The zero-order valence-electron chi connectivity index (χ0n) is 10.8. The zero-order chi connectivity index (χ0) is 12.2. The van der Waals surface area contributed by atoms with Gasteiger partial charge in [0.25, 0.3) is 0 Å². The first kappa shape index (κ1) is 13.7. The first-order chi connectivity index (χ1) is 7.41. The van der Waals surface area contributed by atoms with Crippen LogP contribution in [-0.2, 0) is 6.54 Å². The van der Waals surface area contributed by atoms with Crippen molar-refractivity contribution in [1.29, 1.82) is 0 Å². The summed E-state index contributed by atoms with van der Waals surface area (Å²) in [5.41, 5.74) is 9.11. The van der Waals surface area contributed by atoms with Gasteiger partial charge in [-0.2, -0.15) is 11.3 Å². The molecule has 1 aromatic rings. The smallest absolute Gasteiger partial charge is 0.0216 e. The number of nitrogens with two attached hydrogens (primary N) is 1. The van der Waals surface area contributed by atoms with E-state index < -0.39 is 0 Å². The Labute approximate surface area is 103 Å². The van der Waals surface area contributed by atoms with Crippen molar-refractivity contribution in [3.63, 3.8) is 0 Å². The highest BCUT2D eigenvalue weighted by atomic mass is 32.1. The van der Waals surface area contributed by atoms with Crippen molar-refractivity contribution in [3.05, 3.63) is 21.9 Å². The molecule has 0 amide bonds. The first-order valence-electron chi connectivity index (χ1n) is 5.89. The summed E-state index contributed by atoms with van der Waals surface area (Å²) in [5, 5.41) is 7.86. The minimum Gasteiger partial charge on any atom is -0.327 e. The van der Waals surface area contributed by atoms with Crippen molar-refractivity contribution in [1.82, 2.24) is 5.32 Å². The number of aryl methyl sites for hydroxylation is 1. The minimum atomic E-state index is 0.208. The number of thiophene rings is 1. The summed E-state index contributed by atoms with van der Waals surface area (Å²) in [6.45, 7) is 10.7. The third kappa shape index (κ3) is 4.24. The molecule has 0 fully saturated rings. The Hall–Kier alpha value is -0.380. The van der Waals surface area contributed by atoms with E-state index in [1.165, 1.54) is 11.1 Å². The molecular formula is C13H24N2S. The molecule has 0 radical (unpaired) electrons. The molecule has 0 saturated heterocycles. The highest BCUT2D eigenvalue weighted by molar-refractivity contribution is 7.08. The summed E-state index contributed by atoms with van der Waals surface area (Å²) in [6.07, 6.45) is 1.03. The maximum absolute atomic E-state index is 6.10. The van der Waals surface area contributed by atoms with Gasteiger partial charge in [-0.3, -0.25) is 0 Å². The Morgan fingerprint density at radius 3 is 2.56 bits per heavy atom. The second-order valence-electron chi connectivity index (χ2n) is 5.52. The predicted molar refractivity (Wildman–Crippen MR) is 72.8 cm³/mol. The molecule has 0 bridgehead atoms. The topological polar surface area (TPSA) is 38.0 Å². The highest BCUT2D eigenvalue weighted by Crippen LogP contribution is 2.19. The molecule has 1 heterocycles. The van der Waals surface area contributed by atoms with Crippen LogP contribution in [0.3, 0.4) is 0 Å². The van der Waals surface area contributed by atoms with E-state index in [0.717, 1.165) is 19.5 Å². The van der Waals surface area contributed by atoms with E-state index in [2.05, 4.69) is 43.8 Å². The van der Waals surface area contributed by atoms with Crippen molar-refractivity contribution < 1.29 is 0 Å². The Kier molecular flexibility index (Phi) is 4.96. The molecule has 0 aliphatic heterocycles. The summed E-state index contributed by atoms with van der Waals surface area (Å²) in [7, 11) is 0. The van der Waals surface area contributed by atoms with E-state index in [9.17, 15) is 0 Å². The van der Waals surface area contributed by atoms with Gasteiger partial charge in [0.2, 0.25) is 0 Å². The van der Waals surface area contributed by atoms with Gasteiger partial charge in [0.15, 0.2) is 0 Å². The van der Waals surface area contributed by atoms with Crippen LogP contribution in [0.2, 0.25) is 0 Å². The SMILES string of the molecule is Cc1cscc1CNCCC(N)C(C)(C)C. The van der Waals surface area contributed by atoms with Crippen molar-refractivity contribution in [2.24, 2.45) is 11.1 Å². The van der Waals surface area contributed by atoms with Crippen LogP contribution in [0.5, 0.6) is 0 Å². The van der Waals surface area contributed by atoms with Crippen molar-refractivity contribution >= 4 is 11.3 Å². The van der Waals surface area contributed by atoms with Crippen LogP contribution in [-0.4, -0.2) is 12.6 Å². The van der Waals surface area contributed by atoms with E-state index >= 15 is 0 Å². The van der Waals surface area contributed by atoms with Gasteiger partial charge in [0.05, 0.1) is 0 Å². The number of hydrogen-bond donors (Lipinski definition) is 2. The number of hydrogen-bond acceptors (Lipinski definition) is 3. The summed E-state index contributed by atoms with van der Waals surface area (Å²) in [6, 6.07) is 0.267. The largest absolute Gasteiger partial charge is 0.327 e. The van der Waals surface area contributed by atoms with Crippen LogP contribution >= 0.6 is 11.3 Å². The summed E-state index contributed by atoms with van der Waals surface area (Å²) < 4.78 is 0. The van der Waals surface area contributed by atoms with Gasteiger partial charge >= 0.3 is 0 Å². The van der Waals surface area contributed by atoms with E-state index in [4.69, 9.17) is 5.73 Å². The molecule has 92 valence electrons. The molecule has 1 unspecified atom stereocenters. The number of rotatable bonds is 5. The Morgan fingerprint density at radius 1 is 1.38 bits per heavy atom. The highest BCUT2D eigenvalue weighted by Gasteiger charge is 2.19. The fourth-order valence-electron chi connectivity index (χ4n) is 1.48. The fourth-order valence-corrected chi connectivity index (χ4v) is 2.34. The van der Waals surface area contributed by atoms with Gasteiger partial charge in [-0.25, -0.2) is 0 Å². The van der Waals surface area contributed by atoms with Crippen LogP contribution < -0.4 is 11.1 Å². The van der Waals surface area contributed by atoms with Crippen molar-refractivity contribution in [3.8, 4) is 0 Å². The molecule has 2 nitrogen and oxygen atoms in total. The second-order valence-corrected chi connectivity index (χ2v) is 6.26. The van der Waals surface area contributed by atoms with Gasteiger partial charge < -0.3 is 11.1 Å². The lowest BCUT2D eigenvalue weighted by molar-refractivity contribution is 0.302. The monoisotopic (exact) mass is 240 g/mol. The summed E-state index contributed by atoms with van der Waals surface area (Å²) in [5.74, 6) is 0. The Bertz CT molecular complexity index is 312. The van der Waals surface area contributed by atoms with Gasteiger partial charge in [-0.1, -0.05) is 20.8 Å². The van der Waals surface area contributed by atoms with Gasteiger partial charge in [0.1, 0.15) is 0 Å². The third-order valence-corrected chi connectivity index (χ3v) is 3.93. The first-order valence-corrected chi connectivity index (χ1v) is 6.83. The predicted octanol–water partition coefficient (Wildman–Crippen LogP) is 2.91. The van der Waals surface area contributed by atoms with Crippen LogP contribution in [0, 0.1) is 12.3 Å². The average molecular weight is 240 g/mol. The van der Waals surface area contributed by atoms with E-state index in [1.54, 1.807) is 11.3 Å². The quantitative estimate of drug-likeness (QED) is 0.777. The van der Waals surface area contributed by atoms with E-state index in [0.29, 0.717) is 0 Å². The average Bonchev–Trinajstić information content (AvgIpc) is 2.57. The lowest BCUT2D eigenvalue weighted by Gasteiger charge is -2.27. The third-order valence-electron chi connectivity index (χ3n) is 3.02. The second kappa shape index (κ2) is 5.80. The molecule has 3 heteroatoms. The molecule has 0 saturated carbocycles. The molecule has 3 N–H and O–H groups in total. The molecule has 16 heavy (non-hydrogen) atoms. The molecule has 0 aliphatic carbocycles. The van der Waals surface area contributed by atoms with E-state index in [1.807, 2.05) is 0 Å². The van der Waals surface area contributed by atoms with Crippen LogP contribution in [0.25, 0.3) is 0 Å². The standard InChI is InChI=1S/C13H24N2S/c1-10-8-16-9-11(10)7-15-6-5-12(14)13(2,3)4/h8-9,12,15H,5-7,14H2,1-4H3. The molecular weight excluding hydrogens is 216 g/mol. The summed E-state index contributed by atoms with van der Waals surface area (Å²) >= 11 is 1.77. The van der Waals surface area contributed by atoms with Crippen LogP contribution in [0.4, 0.5) is 0 Å². The molecule has 0 spiro atoms. The lowest BCUT2D eigenvalue weighted by atomic mass is 9.85. The van der Waals surface area contributed by atoms with Crippen LogP contribution in [0.15, 0.2) is 10.8 Å². The van der Waals surface area contributed by atoms with Gasteiger partial charge in [-0.15, -0.1) is 0 Å². The fraction of sp³-hybridized carbons (Fsp3) is 0.692. The molecule has 1 atom stereocenters. The lowest BCUT2D eigenvalue weighted by Crippen LogP contribution is -2.37. The van der Waals surface area contributed by atoms with Gasteiger partial charge in [-0.05, 0) is 47.2 Å². The molecule has 0 aromatic carbocycles. The van der Waals surface area contributed by atoms with E-state index in [-0.39, 0.29) is 11.5 Å². The Morgan fingerprint density at radius 2 is 2.06 bits per heavy atom. The number of nitrogens with one attached hydrogen (secondary N) is 1. The maximum atomic E-state index is 6.10. The maximum Gasteiger partial charge on any atom is 0.0216 e. The molecule has 1 rings (SSSR count). The zero-order valence-corrected chi connectivity index (χ0v) is 11.7. The minimum absolute atomic E-state index is 0.208. The Balaban J connectivity index is 2.20. The summed E-state index contributed by atoms with van der Waals surface area (Å²) in [4.78, 5) is 0. The van der Waals surface area contributed by atoms with Gasteiger partial charge in [0, 0.05) is 12.6 Å². The van der Waals surface area contributed by atoms with Crippen molar-refractivity contribution in [2.45, 2.75) is 46.7 Å². The molecule has 1 aromatic heterocycles. The normalized spacial score (nSPS) is 14.1. The van der Waals surface area contributed by atoms with Crippen molar-refractivity contribution in [2.75, 3.05) is 6.54 Å². The van der Waals surface area contributed by atoms with Crippen LogP contribution in [0.1, 0.15) is 38.3 Å².